The summed E-state index contributed by atoms with van der Waals surface area (Å²) >= 11 is 0. The van der Waals surface area contributed by atoms with Crippen molar-refractivity contribution in [2.45, 2.75) is 78.7 Å². The predicted octanol–water partition coefficient (Wildman–Crippen LogP) is 7.30. The fraction of sp³-hybridized carbons (Fsp3) is 0.432. The third-order valence-electron chi connectivity index (χ3n) is 8.94. The van der Waals surface area contributed by atoms with Crippen molar-refractivity contribution in [3.05, 3.63) is 94.1 Å². The van der Waals surface area contributed by atoms with Gasteiger partial charge in [0.1, 0.15) is 12.4 Å². The van der Waals surface area contributed by atoms with Crippen LogP contribution in [0.4, 0.5) is 4.39 Å². The van der Waals surface area contributed by atoms with Gasteiger partial charge in [-0.1, -0.05) is 52.0 Å². The van der Waals surface area contributed by atoms with Crippen molar-refractivity contribution < 1.29 is 33.4 Å². The summed E-state index contributed by atoms with van der Waals surface area (Å²) in [5, 5.41) is 9.63. The average molecular weight is 616 g/mol. The molecule has 45 heavy (non-hydrogen) atoms. The van der Waals surface area contributed by atoms with E-state index in [1.54, 1.807) is 25.3 Å². The molecule has 0 amide bonds. The highest BCUT2D eigenvalue weighted by molar-refractivity contribution is 6.07. The van der Waals surface area contributed by atoms with Gasteiger partial charge >= 0.3 is 5.97 Å². The van der Waals surface area contributed by atoms with Crippen LogP contribution < -0.4 is 9.47 Å². The number of rotatable bonds is 10. The molecule has 7 nitrogen and oxygen atoms in total. The molecule has 1 N–H and O–H groups in total. The Morgan fingerprint density at radius 3 is 2.09 bits per heavy atom. The fourth-order valence-electron chi connectivity index (χ4n) is 7.07. The molecule has 0 fully saturated rings. The van der Waals surface area contributed by atoms with Crippen LogP contribution >= 0.6 is 0 Å². The van der Waals surface area contributed by atoms with Crippen LogP contribution in [0.3, 0.4) is 0 Å². The lowest BCUT2D eigenvalue weighted by Gasteiger charge is -2.49. The molecule has 0 atom stereocenters. The van der Waals surface area contributed by atoms with E-state index in [4.69, 9.17) is 9.47 Å². The number of ether oxygens (including phenoxy) is 2. The van der Waals surface area contributed by atoms with Crippen LogP contribution in [0.2, 0.25) is 0 Å². The molecule has 238 valence electrons. The largest absolute Gasteiger partial charge is 0.493 e. The van der Waals surface area contributed by atoms with Gasteiger partial charge in [-0.25, -0.2) is 4.39 Å². The SMILES string of the molecule is C=CCc1cc(C2C3=C(CC(C)(C)CC3=O)N(CCC(=O)O)C3=C2C(=O)CC(C)(C)C3)cc(OC)c1OCc1ccc(F)cc1. The van der Waals surface area contributed by atoms with Gasteiger partial charge in [0.25, 0.3) is 0 Å². The molecule has 2 aliphatic carbocycles. The Kier molecular flexibility index (Phi) is 8.80. The summed E-state index contributed by atoms with van der Waals surface area (Å²) in [6.45, 7) is 12.5. The zero-order valence-electron chi connectivity index (χ0n) is 26.8. The summed E-state index contributed by atoms with van der Waals surface area (Å²) in [6.07, 6.45) is 3.92. The van der Waals surface area contributed by atoms with E-state index >= 15 is 0 Å². The number of carboxylic acids is 1. The van der Waals surface area contributed by atoms with Crippen molar-refractivity contribution in [1.82, 2.24) is 4.90 Å². The third kappa shape index (κ3) is 6.60. The second kappa shape index (κ2) is 12.3. The Bertz CT molecular complexity index is 1560. The van der Waals surface area contributed by atoms with E-state index in [1.165, 1.54) is 12.1 Å². The van der Waals surface area contributed by atoms with Gasteiger partial charge in [-0.2, -0.15) is 0 Å². The molecule has 0 saturated heterocycles. The van der Waals surface area contributed by atoms with Crippen molar-refractivity contribution in [2.24, 2.45) is 10.8 Å². The number of carbonyl (C=O) groups excluding carboxylic acids is 2. The second-order valence-corrected chi connectivity index (χ2v) is 14.0. The van der Waals surface area contributed by atoms with Gasteiger partial charge in [-0.05, 0) is 59.4 Å². The van der Waals surface area contributed by atoms with Crippen LogP contribution in [-0.2, 0) is 27.4 Å². The second-order valence-electron chi connectivity index (χ2n) is 14.0. The van der Waals surface area contributed by atoms with Crippen LogP contribution in [0.15, 0.2) is 71.6 Å². The van der Waals surface area contributed by atoms with Crippen LogP contribution in [0, 0.1) is 16.6 Å². The number of benzene rings is 2. The van der Waals surface area contributed by atoms with Crippen molar-refractivity contribution in [3.63, 3.8) is 0 Å². The quantitative estimate of drug-likeness (QED) is 0.280. The molecular formula is C37H42FNO6. The highest BCUT2D eigenvalue weighted by Gasteiger charge is 2.49. The van der Waals surface area contributed by atoms with E-state index in [0.29, 0.717) is 54.7 Å². The number of Topliss-reactive ketones (excluding diaryl/α,β-unsaturated/α-hetero) is 2. The first-order valence-electron chi connectivity index (χ1n) is 15.4. The van der Waals surface area contributed by atoms with E-state index in [-0.39, 0.29) is 47.8 Å². The summed E-state index contributed by atoms with van der Waals surface area (Å²) in [5.41, 5.74) is 4.44. The average Bonchev–Trinajstić information content (AvgIpc) is 2.94. The van der Waals surface area contributed by atoms with Gasteiger partial charge in [0.15, 0.2) is 23.1 Å². The standard InChI is InChI=1S/C37H42FNO6/c1-7-8-23-15-24(16-30(44-6)35(23)45-21-22-9-11-25(38)12-10-22)32-33-26(17-36(2,3)19-28(33)40)39(14-13-31(42)43)27-18-37(4,5)20-29(41)34(27)32/h7,9-12,15-16,32H,1,8,13-14,17-21H2,2-6H3,(H,42,43). The number of halogens is 1. The van der Waals surface area contributed by atoms with Gasteiger partial charge in [0, 0.05) is 53.4 Å². The molecule has 3 aliphatic rings. The molecule has 0 saturated carbocycles. The molecule has 0 radical (unpaired) electrons. The predicted molar refractivity (Wildman–Crippen MR) is 169 cm³/mol. The number of nitrogens with zero attached hydrogens (tertiary/aromatic N) is 1. The smallest absolute Gasteiger partial charge is 0.305 e. The molecule has 5 rings (SSSR count). The molecule has 0 aromatic heterocycles. The maximum atomic E-state index is 14.1. The van der Waals surface area contributed by atoms with E-state index in [1.807, 2.05) is 17.0 Å². The lowest BCUT2D eigenvalue weighted by Crippen LogP contribution is -2.45. The molecular weight excluding hydrogens is 573 g/mol. The van der Waals surface area contributed by atoms with Gasteiger partial charge in [-0.3, -0.25) is 14.4 Å². The Morgan fingerprint density at radius 2 is 1.58 bits per heavy atom. The Labute approximate surface area is 264 Å². The highest BCUT2D eigenvalue weighted by Crippen LogP contribution is 2.55. The third-order valence-corrected chi connectivity index (χ3v) is 8.94. The molecule has 8 heteroatoms. The number of carboxylic acid groups (broad SMARTS) is 1. The number of hydrogen-bond acceptors (Lipinski definition) is 6. The van der Waals surface area contributed by atoms with Crippen LogP contribution in [0.1, 0.15) is 82.4 Å². The van der Waals surface area contributed by atoms with Crippen molar-refractivity contribution in [1.29, 1.82) is 0 Å². The van der Waals surface area contributed by atoms with Crippen molar-refractivity contribution in [3.8, 4) is 11.5 Å². The summed E-state index contributed by atoms with van der Waals surface area (Å²) in [5.74, 6) is -0.971. The Morgan fingerprint density at radius 1 is 1.00 bits per heavy atom. The van der Waals surface area contributed by atoms with Gasteiger partial charge in [-0.15, -0.1) is 6.58 Å². The first kappa shape index (κ1) is 32.2. The van der Waals surface area contributed by atoms with Gasteiger partial charge < -0.3 is 19.5 Å². The normalized spacial score (nSPS) is 19.3. The maximum Gasteiger partial charge on any atom is 0.305 e. The number of ketones is 2. The molecule has 0 unspecified atom stereocenters. The summed E-state index contributed by atoms with van der Waals surface area (Å²) < 4.78 is 25.6. The van der Waals surface area contributed by atoms with E-state index < -0.39 is 11.9 Å². The zero-order valence-corrected chi connectivity index (χ0v) is 26.8. The zero-order chi connectivity index (χ0) is 32.7. The molecule has 0 bridgehead atoms. The fourth-order valence-corrected chi connectivity index (χ4v) is 7.07. The van der Waals surface area contributed by atoms with E-state index in [9.17, 15) is 23.9 Å². The topological polar surface area (TPSA) is 93.1 Å². The minimum absolute atomic E-state index is 0.0309. The number of methoxy groups -OCH3 is 1. The summed E-state index contributed by atoms with van der Waals surface area (Å²) in [7, 11) is 1.55. The number of allylic oxidation sites excluding steroid dienone is 5. The Hall–Kier alpha value is -4.20. The highest BCUT2D eigenvalue weighted by atomic mass is 19.1. The minimum Gasteiger partial charge on any atom is -0.493 e. The number of carbonyl (C=O) groups is 3. The molecule has 2 aromatic rings. The number of hydrogen-bond donors (Lipinski definition) is 1. The lowest BCUT2D eigenvalue weighted by molar-refractivity contribution is -0.137. The first-order valence-corrected chi connectivity index (χ1v) is 15.4. The van der Waals surface area contributed by atoms with Crippen molar-refractivity contribution in [2.75, 3.05) is 13.7 Å². The monoisotopic (exact) mass is 615 g/mol. The van der Waals surface area contributed by atoms with E-state index in [2.05, 4.69) is 34.3 Å². The van der Waals surface area contributed by atoms with Crippen LogP contribution in [0.5, 0.6) is 11.5 Å². The molecule has 2 aromatic carbocycles. The Balaban J connectivity index is 1.70. The van der Waals surface area contributed by atoms with Crippen LogP contribution in [-0.4, -0.2) is 41.2 Å². The van der Waals surface area contributed by atoms with Crippen LogP contribution in [0.25, 0.3) is 0 Å². The lowest BCUT2D eigenvalue weighted by atomic mass is 9.63. The minimum atomic E-state index is -0.931. The summed E-state index contributed by atoms with van der Waals surface area (Å²) in [4.78, 5) is 41.9. The van der Waals surface area contributed by atoms with Crippen molar-refractivity contribution >= 4 is 17.5 Å². The molecule has 1 aliphatic heterocycles. The molecule has 1 heterocycles. The first-order chi connectivity index (χ1) is 21.2. The van der Waals surface area contributed by atoms with E-state index in [0.717, 1.165) is 28.1 Å². The summed E-state index contributed by atoms with van der Waals surface area (Å²) in [6, 6.07) is 9.91. The van der Waals surface area contributed by atoms with Gasteiger partial charge in [0.05, 0.1) is 13.5 Å². The number of aliphatic carboxylic acids is 1. The van der Waals surface area contributed by atoms with Gasteiger partial charge in [0.2, 0.25) is 0 Å². The maximum absolute atomic E-state index is 14.1. The molecule has 0 spiro atoms.